The first-order valence-corrected chi connectivity index (χ1v) is 4.91. The molecule has 76 valence electrons. The van der Waals surface area contributed by atoms with Gasteiger partial charge in [0.2, 0.25) is 0 Å². The van der Waals surface area contributed by atoms with E-state index >= 15 is 0 Å². The van der Waals surface area contributed by atoms with E-state index in [4.69, 9.17) is 10.5 Å². The molecule has 1 aliphatic heterocycles. The van der Waals surface area contributed by atoms with Gasteiger partial charge >= 0.3 is 0 Å². The molecule has 0 saturated carbocycles. The Kier molecular flexibility index (Phi) is 2.84. The third-order valence-corrected chi connectivity index (χ3v) is 2.35. The summed E-state index contributed by atoms with van der Waals surface area (Å²) < 4.78 is 5.57. The number of nitrogens with one attached hydrogen (secondary N) is 1. The van der Waals surface area contributed by atoms with Gasteiger partial charge in [0, 0.05) is 12.1 Å². The largest absolute Gasteiger partial charge is 0.490 e. The summed E-state index contributed by atoms with van der Waals surface area (Å²) in [5.74, 6) is 0.749. The van der Waals surface area contributed by atoms with E-state index in [1.165, 1.54) is 12.8 Å². The Bertz CT molecular complexity index is 297. The topological polar surface area (TPSA) is 60.2 Å². The number of rotatable bonds is 3. The highest BCUT2D eigenvalue weighted by Crippen LogP contribution is 2.13. The van der Waals surface area contributed by atoms with Crippen LogP contribution in [-0.2, 0) is 0 Å². The van der Waals surface area contributed by atoms with Crippen molar-refractivity contribution in [3.8, 4) is 5.75 Å². The molecule has 0 amide bonds. The molecule has 2 heterocycles. The smallest absolute Gasteiger partial charge is 0.139 e. The lowest BCUT2D eigenvalue weighted by Gasteiger charge is -2.11. The van der Waals surface area contributed by atoms with Gasteiger partial charge in [-0.2, -0.15) is 0 Å². The van der Waals surface area contributed by atoms with Gasteiger partial charge in [0.25, 0.3) is 0 Å². The minimum Gasteiger partial charge on any atom is -0.490 e. The molecule has 0 aliphatic carbocycles. The van der Waals surface area contributed by atoms with Gasteiger partial charge in [-0.3, -0.25) is 4.98 Å². The molecule has 2 rings (SSSR count). The fraction of sp³-hybridized carbons (Fsp3) is 0.500. The van der Waals surface area contributed by atoms with Crippen LogP contribution in [0.2, 0.25) is 0 Å². The van der Waals surface area contributed by atoms with Crippen LogP contribution in [-0.4, -0.2) is 24.2 Å². The summed E-state index contributed by atoms with van der Waals surface area (Å²) in [6.07, 6.45) is 5.73. The first-order chi connectivity index (χ1) is 6.84. The number of hydrogen-bond acceptors (Lipinski definition) is 4. The summed E-state index contributed by atoms with van der Waals surface area (Å²) >= 11 is 0. The zero-order valence-electron chi connectivity index (χ0n) is 8.07. The van der Waals surface area contributed by atoms with Crippen LogP contribution in [0.1, 0.15) is 12.8 Å². The van der Waals surface area contributed by atoms with Crippen molar-refractivity contribution in [1.82, 2.24) is 10.3 Å². The molecule has 0 bridgehead atoms. The molecule has 0 aromatic carbocycles. The van der Waals surface area contributed by atoms with Crippen molar-refractivity contribution in [1.29, 1.82) is 0 Å². The van der Waals surface area contributed by atoms with Crippen LogP contribution in [0, 0.1) is 0 Å². The highest BCUT2D eigenvalue weighted by molar-refractivity contribution is 5.39. The molecule has 1 saturated heterocycles. The van der Waals surface area contributed by atoms with Crippen molar-refractivity contribution < 1.29 is 4.74 Å². The average Bonchev–Trinajstić information content (AvgIpc) is 2.67. The summed E-state index contributed by atoms with van der Waals surface area (Å²) in [5, 5.41) is 3.36. The SMILES string of the molecule is Nc1cncc(OC[C@@H]2CCCN2)c1. The summed E-state index contributed by atoms with van der Waals surface area (Å²) in [7, 11) is 0. The van der Waals surface area contributed by atoms with E-state index < -0.39 is 0 Å². The predicted molar refractivity (Wildman–Crippen MR) is 55.2 cm³/mol. The summed E-state index contributed by atoms with van der Waals surface area (Å²) in [4.78, 5) is 3.96. The highest BCUT2D eigenvalue weighted by Gasteiger charge is 2.14. The number of anilines is 1. The minimum absolute atomic E-state index is 0.483. The van der Waals surface area contributed by atoms with Gasteiger partial charge in [0.1, 0.15) is 12.4 Å². The van der Waals surface area contributed by atoms with Crippen molar-refractivity contribution in [2.45, 2.75) is 18.9 Å². The molecule has 4 heteroatoms. The van der Waals surface area contributed by atoms with Gasteiger partial charge in [-0.1, -0.05) is 0 Å². The van der Waals surface area contributed by atoms with Crippen LogP contribution < -0.4 is 15.8 Å². The number of pyridine rings is 1. The van der Waals surface area contributed by atoms with Gasteiger partial charge < -0.3 is 15.8 Å². The number of nitrogen functional groups attached to an aromatic ring is 1. The Morgan fingerprint density at radius 3 is 3.21 bits per heavy atom. The zero-order valence-corrected chi connectivity index (χ0v) is 8.07. The van der Waals surface area contributed by atoms with Gasteiger partial charge in [0.05, 0.1) is 18.1 Å². The van der Waals surface area contributed by atoms with Crippen LogP contribution in [0.5, 0.6) is 5.75 Å². The average molecular weight is 193 g/mol. The molecular formula is C10H15N3O. The van der Waals surface area contributed by atoms with E-state index in [2.05, 4.69) is 10.3 Å². The van der Waals surface area contributed by atoms with Crippen LogP contribution >= 0.6 is 0 Å². The molecule has 14 heavy (non-hydrogen) atoms. The molecule has 4 nitrogen and oxygen atoms in total. The number of ether oxygens (including phenoxy) is 1. The molecule has 0 radical (unpaired) electrons. The highest BCUT2D eigenvalue weighted by atomic mass is 16.5. The second-order valence-corrected chi connectivity index (χ2v) is 3.56. The van der Waals surface area contributed by atoms with E-state index in [9.17, 15) is 0 Å². The molecule has 1 aliphatic rings. The number of nitrogens with two attached hydrogens (primary N) is 1. The maximum atomic E-state index is 5.58. The first kappa shape index (κ1) is 9.27. The van der Waals surface area contributed by atoms with E-state index in [1.807, 2.05) is 0 Å². The van der Waals surface area contributed by atoms with Crippen LogP contribution in [0.25, 0.3) is 0 Å². The number of hydrogen-bond donors (Lipinski definition) is 2. The molecule has 3 N–H and O–H groups in total. The fourth-order valence-corrected chi connectivity index (χ4v) is 1.61. The van der Waals surface area contributed by atoms with Crippen molar-refractivity contribution in [2.75, 3.05) is 18.9 Å². The first-order valence-electron chi connectivity index (χ1n) is 4.91. The Hall–Kier alpha value is -1.29. The second-order valence-electron chi connectivity index (χ2n) is 3.56. The lowest BCUT2D eigenvalue weighted by Crippen LogP contribution is -2.28. The van der Waals surface area contributed by atoms with E-state index in [0.717, 1.165) is 12.3 Å². The molecule has 1 aromatic heterocycles. The normalized spacial score (nSPS) is 21.0. The van der Waals surface area contributed by atoms with Crippen LogP contribution in [0.15, 0.2) is 18.5 Å². The van der Waals surface area contributed by atoms with E-state index in [-0.39, 0.29) is 0 Å². The zero-order chi connectivity index (χ0) is 9.80. The summed E-state index contributed by atoms with van der Waals surface area (Å²) in [6.45, 7) is 1.80. The molecule has 1 fully saturated rings. The van der Waals surface area contributed by atoms with Crippen molar-refractivity contribution >= 4 is 5.69 Å². The van der Waals surface area contributed by atoms with Gasteiger partial charge in [-0.25, -0.2) is 0 Å². The molecule has 0 unspecified atom stereocenters. The van der Waals surface area contributed by atoms with Crippen LogP contribution in [0.3, 0.4) is 0 Å². The maximum Gasteiger partial charge on any atom is 0.139 e. The van der Waals surface area contributed by atoms with E-state index in [1.54, 1.807) is 18.5 Å². The van der Waals surface area contributed by atoms with Gasteiger partial charge in [0.15, 0.2) is 0 Å². The van der Waals surface area contributed by atoms with E-state index in [0.29, 0.717) is 18.3 Å². The fourth-order valence-electron chi connectivity index (χ4n) is 1.61. The molecular weight excluding hydrogens is 178 g/mol. The summed E-state index contributed by atoms with van der Waals surface area (Å²) in [5.41, 5.74) is 6.22. The Morgan fingerprint density at radius 2 is 2.50 bits per heavy atom. The Morgan fingerprint density at radius 1 is 1.57 bits per heavy atom. The molecule has 1 aromatic rings. The van der Waals surface area contributed by atoms with Crippen LogP contribution in [0.4, 0.5) is 5.69 Å². The molecule has 1 atom stereocenters. The monoisotopic (exact) mass is 193 g/mol. The lowest BCUT2D eigenvalue weighted by molar-refractivity contribution is 0.276. The standard InChI is InChI=1S/C10H15N3O/c11-8-4-10(6-12-5-8)14-7-9-2-1-3-13-9/h4-6,9,13H,1-3,7,11H2/t9-/m0/s1. The number of nitrogens with zero attached hydrogens (tertiary/aromatic N) is 1. The lowest BCUT2D eigenvalue weighted by atomic mass is 10.2. The number of aromatic nitrogens is 1. The quantitative estimate of drug-likeness (QED) is 0.745. The maximum absolute atomic E-state index is 5.58. The summed E-state index contributed by atoms with van der Waals surface area (Å²) in [6, 6.07) is 2.28. The van der Waals surface area contributed by atoms with Crippen molar-refractivity contribution in [2.24, 2.45) is 0 Å². The predicted octanol–water partition coefficient (Wildman–Crippen LogP) is 0.795. The second kappa shape index (κ2) is 4.28. The Balaban J connectivity index is 1.85. The van der Waals surface area contributed by atoms with Gasteiger partial charge in [-0.05, 0) is 19.4 Å². The van der Waals surface area contributed by atoms with Gasteiger partial charge in [-0.15, -0.1) is 0 Å². The minimum atomic E-state index is 0.483. The van der Waals surface area contributed by atoms with Crippen molar-refractivity contribution in [3.05, 3.63) is 18.5 Å². The Labute approximate surface area is 83.5 Å². The van der Waals surface area contributed by atoms with Crippen molar-refractivity contribution in [3.63, 3.8) is 0 Å². The molecule has 0 spiro atoms. The third kappa shape index (κ3) is 2.35. The third-order valence-electron chi connectivity index (χ3n) is 2.35.